The zero-order valence-corrected chi connectivity index (χ0v) is 16.9. The van der Waals surface area contributed by atoms with Gasteiger partial charge in [-0.25, -0.2) is 14.5 Å². The minimum absolute atomic E-state index is 0.535. The van der Waals surface area contributed by atoms with Crippen molar-refractivity contribution < 1.29 is 0 Å². The maximum Gasteiger partial charge on any atom is 0.158 e. The van der Waals surface area contributed by atoms with E-state index >= 15 is 0 Å². The molecule has 0 aliphatic carbocycles. The van der Waals surface area contributed by atoms with Crippen molar-refractivity contribution in [2.24, 2.45) is 0 Å². The van der Waals surface area contributed by atoms with Gasteiger partial charge in [-0.3, -0.25) is 0 Å². The van der Waals surface area contributed by atoms with Crippen molar-refractivity contribution in [2.75, 3.05) is 0 Å². The van der Waals surface area contributed by atoms with Gasteiger partial charge in [0.05, 0.1) is 0 Å². The number of rotatable bonds is 1. The van der Waals surface area contributed by atoms with Crippen LogP contribution in [0.25, 0.3) is 11.3 Å². The van der Waals surface area contributed by atoms with Crippen LogP contribution in [0.5, 0.6) is 0 Å². The first kappa shape index (κ1) is 19.6. The number of hydrogen-bond donors (Lipinski definition) is 0. The van der Waals surface area contributed by atoms with Gasteiger partial charge in [0.25, 0.3) is 0 Å². The predicted molar refractivity (Wildman–Crippen MR) is 108 cm³/mol. The maximum atomic E-state index is 4.22. The second kappa shape index (κ2) is 8.61. The van der Waals surface area contributed by atoms with Crippen LogP contribution in [0.15, 0.2) is 43.2 Å². The summed E-state index contributed by atoms with van der Waals surface area (Å²) in [6.45, 7) is 14.6. The second-order valence-corrected chi connectivity index (χ2v) is 6.50. The number of imidazole rings is 1. The predicted octanol–water partition coefficient (Wildman–Crippen LogP) is 5.14. The smallest absolute Gasteiger partial charge is 0.158 e. The average molecular weight is 351 g/mol. The molecule has 0 amide bonds. The molecule has 0 aromatic carbocycles. The Bertz CT molecular complexity index is 979. The van der Waals surface area contributed by atoms with Crippen LogP contribution in [-0.4, -0.2) is 24.0 Å². The van der Waals surface area contributed by atoms with Crippen molar-refractivity contribution in [3.63, 3.8) is 0 Å². The molecule has 0 saturated carbocycles. The molecular weight excluding hydrogens is 322 g/mol. The lowest BCUT2D eigenvalue weighted by Gasteiger charge is -2.06. The van der Waals surface area contributed by atoms with Crippen LogP contribution in [0.2, 0.25) is 0 Å². The van der Waals surface area contributed by atoms with E-state index < -0.39 is 0 Å². The topological polar surface area (TPSA) is 47.5 Å². The SMILES string of the molecule is CC.Cc1cc(C(C)C)cn2ncnc12.Cc1cc(C)c2nccn2c1. The lowest BCUT2D eigenvalue weighted by Crippen LogP contribution is -1.96. The standard InChI is InChI=1S/C10H13N3.C9H10N2.C2H6/c1-7(2)9-4-8(3)10-11-6-12-13(10)5-9;1-7-5-8(2)9-10-3-4-11(9)6-7;1-2/h4-7H,1-3H3;3-6H,1-2H3;1-2H3. The normalized spacial score (nSPS) is 10.5. The molecule has 0 atom stereocenters. The zero-order chi connectivity index (χ0) is 19.3. The molecule has 4 aromatic rings. The van der Waals surface area contributed by atoms with E-state index in [1.54, 1.807) is 6.33 Å². The van der Waals surface area contributed by atoms with Gasteiger partial charge in [0.15, 0.2) is 5.65 Å². The van der Waals surface area contributed by atoms with Gasteiger partial charge >= 0.3 is 0 Å². The van der Waals surface area contributed by atoms with Crippen LogP contribution in [0.4, 0.5) is 0 Å². The van der Waals surface area contributed by atoms with Gasteiger partial charge in [-0.05, 0) is 48.9 Å². The summed E-state index contributed by atoms with van der Waals surface area (Å²) in [5, 5.41) is 4.13. The third kappa shape index (κ3) is 4.28. The summed E-state index contributed by atoms with van der Waals surface area (Å²) in [7, 11) is 0. The molecule has 26 heavy (non-hydrogen) atoms. The summed E-state index contributed by atoms with van der Waals surface area (Å²) >= 11 is 0. The third-order valence-electron chi connectivity index (χ3n) is 4.06. The first-order valence-corrected chi connectivity index (χ1v) is 9.15. The molecule has 0 aliphatic heterocycles. The Kier molecular flexibility index (Phi) is 6.50. The van der Waals surface area contributed by atoms with Gasteiger partial charge < -0.3 is 4.40 Å². The van der Waals surface area contributed by atoms with Gasteiger partial charge in [0, 0.05) is 24.8 Å². The van der Waals surface area contributed by atoms with E-state index in [9.17, 15) is 0 Å². The van der Waals surface area contributed by atoms with Crippen molar-refractivity contribution in [3.8, 4) is 0 Å². The maximum absolute atomic E-state index is 4.22. The molecule has 4 rings (SSSR count). The van der Waals surface area contributed by atoms with Crippen molar-refractivity contribution in [1.82, 2.24) is 24.0 Å². The van der Waals surface area contributed by atoms with Crippen LogP contribution in [0.1, 0.15) is 55.9 Å². The molecule has 0 aliphatic rings. The molecule has 0 unspecified atom stereocenters. The van der Waals surface area contributed by atoms with E-state index in [1.807, 2.05) is 41.4 Å². The molecule has 5 nitrogen and oxygen atoms in total. The zero-order valence-electron chi connectivity index (χ0n) is 16.9. The highest BCUT2D eigenvalue weighted by atomic mass is 15.3. The van der Waals surface area contributed by atoms with E-state index in [4.69, 9.17) is 0 Å². The molecule has 4 aromatic heterocycles. The average Bonchev–Trinajstić information content (AvgIpc) is 3.26. The van der Waals surface area contributed by atoms with Crippen molar-refractivity contribution in [2.45, 2.75) is 54.4 Å². The Labute approximate surface area is 155 Å². The van der Waals surface area contributed by atoms with Crippen LogP contribution < -0.4 is 0 Å². The molecule has 0 fully saturated rings. The molecule has 0 radical (unpaired) electrons. The number of aromatic nitrogens is 5. The van der Waals surface area contributed by atoms with E-state index in [2.05, 4.69) is 68.0 Å². The summed E-state index contributed by atoms with van der Waals surface area (Å²) in [6.07, 6.45) is 9.50. The summed E-state index contributed by atoms with van der Waals surface area (Å²) in [5.74, 6) is 0.535. The molecule has 0 N–H and O–H groups in total. The van der Waals surface area contributed by atoms with Gasteiger partial charge in [0.2, 0.25) is 0 Å². The third-order valence-corrected chi connectivity index (χ3v) is 4.06. The first-order chi connectivity index (χ1) is 12.5. The second-order valence-electron chi connectivity index (χ2n) is 6.50. The monoisotopic (exact) mass is 351 g/mol. The van der Waals surface area contributed by atoms with E-state index in [1.165, 1.54) is 22.3 Å². The summed E-state index contributed by atoms with van der Waals surface area (Å²) < 4.78 is 3.88. The van der Waals surface area contributed by atoms with Crippen LogP contribution in [0.3, 0.4) is 0 Å². The number of hydrogen-bond acceptors (Lipinski definition) is 3. The largest absolute Gasteiger partial charge is 0.307 e. The lowest BCUT2D eigenvalue weighted by molar-refractivity contribution is 0.832. The molecule has 5 heteroatoms. The van der Waals surface area contributed by atoms with Crippen LogP contribution >= 0.6 is 0 Å². The van der Waals surface area contributed by atoms with Crippen LogP contribution in [0, 0.1) is 20.8 Å². The summed E-state index contributed by atoms with van der Waals surface area (Å²) in [4.78, 5) is 8.39. The Morgan fingerprint density at radius 1 is 0.885 bits per heavy atom. The summed E-state index contributed by atoms with van der Waals surface area (Å²) in [5.41, 5.74) is 6.99. The number of fused-ring (bicyclic) bond motifs is 2. The lowest BCUT2D eigenvalue weighted by atomic mass is 10.0. The fraction of sp³-hybridized carbons (Fsp3) is 0.381. The van der Waals surface area contributed by atoms with Crippen LogP contribution in [-0.2, 0) is 0 Å². The molecule has 0 spiro atoms. The highest BCUT2D eigenvalue weighted by Crippen LogP contribution is 2.17. The fourth-order valence-electron chi connectivity index (χ4n) is 2.82. The minimum Gasteiger partial charge on any atom is -0.307 e. The first-order valence-electron chi connectivity index (χ1n) is 9.15. The molecular formula is C21H29N5. The highest BCUT2D eigenvalue weighted by molar-refractivity contribution is 5.48. The van der Waals surface area contributed by atoms with E-state index in [0.29, 0.717) is 5.92 Å². The quantitative estimate of drug-likeness (QED) is 0.477. The fourth-order valence-corrected chi connectivity index (χ4v) is 2.82. The Balaban J connectivity index is 0.000000173. The summed E-state index contributed by atoms with van der Waals surface area (Å²) in [6, 6.07) is 4.32. The molecule has 0 bridgehead atoms. The van der Waals surface area contributed by atoms with E-state index in [-0.39, 0.29) is 0 Å². The van der Waals surface area contributed by atoms with Crippen molar-refractivity contribution >= 4 is 11.3 Å². The van der Waals surface area contributed by atoms with Gasteiger partial charge in [0.1, 0.15) is 12.0 Å². The van der Waals surface area contributed by atoms with Crippen molar-refractivity contribution in [1.29, 1.82) is 0 Å². The number of aryl methyl sites for hydroxylation is 3. The van der Waals surface area contributed by atoms with Gasteiger partial charge in [-0.15, -0.1) is 0 Å². The Morgan fingerprint density at radius 3 is 2.27 bits per heavy atom. The Hall–Kier alpha value is -2.69. The van der Waals surface area contributed by atoms with Crippen molar-refractivity contribution in [3.05, 3.63) is 65.5 Å². The number of nitrogens with zero attached hydrogens (tertiary/aromatic N) is 5. The molecule has 138 valence electrons. The number of pyridine rings is 2. The molecule has 4 heterocycles. The van der Waals surface area contributed by atoms with Gasteiger partial charge in [-0.1, -0.05) is 39.8 Å². The van der Waals surface area contributed by atoms with Gasteiger partial charge in [-0.2, -0.15) is 5.10 Å². The molecule has 0 saturated heterocycles. The minimum atomic E-state index is 0.535. The van der Waals surface area contributed by atoms with E-state index in [0.717, 1.165) is 11.3 Å². The highest BCUT2D eigenvalue weighted by Gasteiger charge is 2.04. The Morgan fingerprint density at radius 2 is 1.58 bits per heavy atom.